The number of benzene rings is 1. The van der Waals surface area contributed by atoms with Crippen LogP contribution >= 0.6 is 0 Å². The number of halogens is 2. The van der Waals surface area contributed by atoms with E-state index in [9.17, 15) is 13.6 Å². The zero-order chi connectivity index (χ0) is 12.8. The summed E-state index contributed by atoms with van der Waals surface area (Å²) in [5, 5.41) is 8.79. The van der Waals surface area contributed by atoms with Crippen molar-refractivity contribution < 1.29 is 18.7 Å². The molecule has 0 saturated heterocycles. The van der Waals surface area contributed by atoms with E-state index >= 15 is 0 Å². The first-order chi connectivity index (χ1) is 8.04. The maximum absolute atomic E-state index is 13.5. The molecular formula is C13H16F2O2. The van der Waals surface area contributed by atoms with Gasteiger partial charge < -0.3 is 5.11 Å². The van der Waals surface area contributed by atoms with Crippen LogP contribution in [0.3, 0.4) is 0 Å². The van der Waals surface area contributed by atoms with E-state index in [1.165, 1.54) is 0 Å². The van der Waals surface area contributed by atoms with E-state index in [1.54, 1.807) is 0 Å². The standard InChI is InChI=1S/C13H16F2O2/c1-2-3-4-9(7-13(16)17)11-8-10(14)5-6-12(11)15/h5-6,8-9H,2-4,7H2,1H3,(H,16,17). The van der Waals surface area contributed by atoms with Gasteiger partial charge >= 0.3 is 5.97 Å². The minimum absolute atomic E-state index is 0.166. The van der Waals surface area contributed by atoms with Gasteiger partial charge in [-0.1, -0.05) is 19.8 Å². The average Bonchev–Trinajstić information content (AvgIpc) is 2.27. The molecule has 2 nitrogen and oxygen atoms in total. The summed E-state index contributed by atoms with van der Waals surface area (Å²) in [6, 6.07) is 3.18. The molecule has 1 rings (SSSR count). The molecule has 0 heterocycles. The van der Waals surface area contributed by atoms with Crippen LogP contribution in [-0.4, -0.2) is 11.1 Å². The fourth-order valence-electron chi connectivity index (χ4n) is 1.86. The van der Waals surface area contributed by atoms with E-state index in [0.29, 0.717) is 6.42 Å². The van der Waals surface area contributed by atoms with E-state index in [1.807, 2.05) is 6.92 Å². The van der Waals surface area contributed by atoms with Crippen LogP contribution in [0.4, 0.5) is 8.78 Å². The van der Waals surface area contributed by atoms with E-state index in [4.69, 9.17) is 5.11 Å². The number of unbranched alkanes of at least 4 members (excludes halogenated alkanes) is 1. The van der Waals surface area contributed by atoms with Gasteiger partial charge in [-0.15, -0.1) is 0 Å². The summed E-state index contributed by atoms with van der Waals surface area (Å²) in [5.74, 6) is -2.51. The Morgan fingerprint density at radius 3 is 2.71 bits per heavy atom. The molecule has 0 bridgehead atoms. The summed E-state index contributed by atoms with van der Waals surface area (Å²) in [6.07, 6.45) is 2.09. The Morgan fingerprint density at radius 2 is 2.12 bits per heavy atom. The number of carboxylic acids is 1. The first-order valence-electron chi connectivity index (χ1n) is 5.71. The third kappa shape index (κ3) is 4.13. The van der Waals surface area contributed by atoms with Crippen LogP contribution in [-0.2, 0) is 4.79 Å². The molecule has 1 atom stereocenters. The Labute approximate surface area is 99.3 Å². The summed E-state index contributed by atoms with van der Waals surface area (Å²) in [4.78, 5) is 10.7. The van der Waals surface area contributed by atoms with Gasteiger partial charge in [0.05, 0.1) is 6.42 Å². The lowest BCUT2D eigenvalue weighted by molar-refractivity contribution is -0.137. The summed E-state index contributed by atoms with van der Waals surface area (Å²) in [7, 11) is 0. The van der Waals surface area contributed by atoms with Gasteiger partial charge in [0.25, 0.3) is 0 Å². The van der Waals surface area contributed by atoms with E-state index in [-0.39, 0.29) is 12.0 Å². The van der Waals surface area contributed by atoms with Crippen molar-refractivity contribution in [1.29, 1.82) is 0 Å². The summed E-state index contributed by atoms with van der Waals surface area (Å²) >= 11 is 0. The lowest BCUT2D eigenvalue weighted by Crippen LogP contribution is -2.08. The van der Waals surface area contributed by atoms with Crippen molar-refractivity contribution in [3.63, 3.8) is 0 Å². The lowest BCUT2D eigenvalue weighted by atomic mass is 9.90. The van der Waals surface area contributed by atoms with Crippen LogP contribution in [0.1, 0.15) is 44.1 Å². The fraction of sp³-hybridized carbons (Fsp3) is 0.462. The second kappa shape index (κ2) is 6.33. The molecule has 0 spiro atoms. The molecule has 4 heteroatoms. The molecule has 0 saturated carbocycles. The van der Waals surface area contributed by atoms with Crippen molar-refractivity contribution in [2.45, 2.75) is 38.5 Å². The topological polar surface area (TPSA) is 37.3 Å². The second-order valence-corrected chi connectivity index (χ2v) is 4.10. The predicted octanol–water partition coefficient (Wildman–Crippen LogP) is 3.71. The van der Waals surface area contributed by atoms with Crippen LogP contribution in [0, 0.1) is 11.6 Å². The second-order valence-electron chi connectivity index (χ2n) is 4.10. The number of aliphatic carboxylic acids is 1. The number of rotatable bonds is 6. The minimum atomic E-state index is -0.991. The minimum Gasteiger partial charge on any atom is -0.481 e. The Balaban J connectivity index is 2.93. The molecule has 1 unspecified atom stereocenters. The number of hydrogen-bond donors (Lipinski definition) is 1. The molecule has 0 aliphatic rings. The Bertz CT molecular complexity index is 391. The predicted molar refractivity (Wildman–Crippen MR) is 60.9 cm³/mol. The van der Waals surface area contributed by atoms with Crippen LogP contribution in [0.25, 0.3) is 0 Å². The zero-order valence-electron chi connectivity index (χ0n) is 9.75. The Kier molecular flexibility index (Phi) is 5.07. The largest absolute Gasteiger partial charge is 0.481 e. The maximum Gasteiger partial charge on any atom is 0.303 e. The molecule has 94 valence electrons. The lowest BCUT2D eigenvalue weighted by Gasteiger charge is -2.15. The highest BCUT2D eigenvalue weighted by Gasteiger charge is 2.19. The fourth-order valence-corrected chi connectivity index (χ4v) is 1.86. The van der Waals surface area contributed by atoms with Gasteiger partial charge in [-0.05, 0) is 36.1 Å². The molecule has 1 N–H and O–H groups in total. The van der Waals surface area contributed by atoms with E-state index in [0.717, 1.165) is 31.0 Å². The van der Waals surface area contributed by atoms with Crippen LogP contribution in [0.5, 0.6) is 0 Å². The number of carbonyl (C=O) groups is 1. The molecule has 0 aliphatic heterocycles. The maximum atomic E-state index is 13.5. The van der Waals surface area contributed by atoms with E-state index in [2.05, 4.69) is 0 Å². The first-order valence-corrected chi connectivity index (χ1v) is 5.71. The molecule has 0 aliphatic carbocycles. The third-order valence-corrected chi connectivity index (χ3v) is 2.73. The summed E-state index contributed by atoms with van der Waals surface area (Å²) in [6.45, 7) is 1.97. The third-order valence-electron chi connectivity index (χ3n) is 2.73. The van der Waals surface area contributed by atoms with Gasteiger partial charge in [0.1, 0.15) is 11.6 Å². The van der Waals surface area contributed by atoms with Crippen molar-refractivity contribution in [1.82, 2.24) is 0 Å². The van der Waals surface area contributed by atoms with Gasteiger partial charge in [-0.3, -0.25) is 4.79 Å². The monoisotopic (exact) mass is 242 g/mol. The quantitative estimate of drug-likeness (QED) is 0.825. The highest BCUT2D eigenvalue weighted by atomic mass is 19.1. The number of carboxylic acid groups (broad SMARTS) is 1. The average molecular weight is 242 g/mol. The van der Waals surface area contributed by atoms with Crippen molar-refractivity contribution in [3.8, 4) is 0 Å². The molecule has 0 aromatic heterocycles. The first kappa shape index (κ1) is 13.6. The van der Waals surface area contributed by atoms with Crippen LogP contribution < -0.4 is 0 Å². The summed E-state index contributed by atoms with van der Waals surface area (Å²) < 4.78 is 26.6. The number of hydrogen-bond acceptors (Lipinski definition) is 1. The molecule has 0 radical (unpaired) electrons. The van der Waals surface area contributed by atoms with Gasteiger partial charge in [0.15, 0.2) is 0 Å². The molecule has 0 fully saturated rings. The zero-order valence-corrected chi connectivity index (χ0v) is 9.75. The van der Waals surface area contributed by atoms with Gasteiger partial charge in [0, 0.05) is 0 Å². The smallest absolute Gasteiger partial charge is 0.303 e. The van der Waals surface area contributed by atoms with Crippen molar-refractivity contribution in [2.24, 2.45) is 0 Å². The molecule has 17 heavy (non-hydrogen) atoms. The Hall–Kier alpha value is -1.45. The van der Waals surface area contributed by atoms with Gasteiger partial charge in [-0.2, -0.15) is 0 Å². The van der Waals surface area contributed by atoms with Crippen molar-refractivity contribution in [3.05, 3.63) is 35.4 Å². The molecular weight excluding hydrogens is 226 g/mol. The van der Waals surface area contributed by atoms with Gasteiger partial charge in [0.2, 0.25) is 0 Å². The summed E-state index contributed by atoms with van der Waals surface area (Å²) in [5.41, 5.74) is 0.167. The van der Waals surface area contributed by atoms with Crippen LogP contribution in [0.2, 0.25) is 0 Å². The SMILES string of the molecule is CCCCC(CC(=O)O)c1cc(F)ccc1F. The molecule has 1 aromatic rings. The van der Waals surface area contributed by atoms with Crippen molar-refractivity contribution >= 4 is 5.97 Å². The van der Waals surface area contributed by atoms with Crippen LogP contribution in [0.15, 0.2) is 18.2 Å². The molecule has 0 amide bonds. The highest BCUT2D eigenvalue weighted by molar-refractivity contribution is 5.68. The van der Waals surface area contributed by atoms with Crippen molar-refractivity contribution in [2.75, 3.05) is 0 Å². The normalized spacial score (nSPS) is 12.4. The highest BCUT2D eigenvalue weighted by Crippen LogP contribution is 2.28. The molecule has 1 aromatic carbocycles. The van der Waals surface area contributed by atoms with Gasteiger partial charge in [-0.25, -0.2) is 8.78 Å². The Morgan fingerprint density at radius 1 is 1.41 bits per heavy atom. The van der Waals surface area contributed by atoms with E-state index < -0.39 is 23.5 Å².